The molecular weight excluding hydrogens is 218 g/mol. The average Bonchev–Trinajstić information content (AvgIpc) is 2.75. The Morgan fingerprint density at radius 2 is 2.29 bits per heavy atom. The van der Waals surface area contributed by atoms with Gasteiger partial charge >= 0.3 is 0 Å². The zero-order valence-corrected chi connectivity index (χ0v) is 9.88. The molecule has 4 heteroatoms. The summed E-state index contributed by atoms with van der Waals surface area (Å²) in [5, 5.41) is 10.2. The summed E-state index contributed by atoms with van der Waals surface area (Å²) >= 11 is 0. The first-order valence-corrected chi connectivity index (χ1v) is 5.52. The Morgan fingerprint density at radius 3 is 2.94 bits per heavy atom. The van der Waals surface area contributed by atoms with Gasteiger partial charge in [0, 0.05) is 11.8 Å². The van der Waals surface area contributed by atoms with E-state index in [1.807, 2.05) is 19.9 Å². The maximum absolute atomic E-state index is 10.2. The second-order valence-corrected chi connectivity index (χ2v) is 3.76. The van der Waals surface area contributed by atoms with E-state index in [1.54, 1.807) is 24.7 Å². The van der Waals surface area contributed by atoms with Gasteiger partial charge in [-0.25, -0.2) is 0 Å². The molecule has 2 rings (SSSR count). The minimum atomic E-state index is -0.807. The molecule has 0 saturated carbocycles. The van der Waals surface area contributed by atoms with Gasteiger partial charge in [-0.3, -0.25) is 4.98 Å². The predicted molar refractivity (Wildman–Crippen MR) is 62.9 cm³/mol. The van der Waals surface area contributed by atoms with Crippen LogP contribution >= 0.6 is 0 Å². The van der Waals surface area contributed by atoms with Crippen molar-refractivity contribution in [2.24, 2.45) is 0 Å². The van der Waals surface area contributed by atoms with Crippen LogP contribution in [0, 0.1) is 6.92 Å². The summed E-state index contributed by atoms with van der Waals surface area (Å²) < 4.78 is 10.6. The summed E-state index contributed by atoms with van der Waals surface area (Å²) in [7, 11) is 0. The summed E-state index contributed by atoms with van der Waals surface area (Å²) in [6.07, 6.45) is 3.98. The molecule has 0 aliphatic rings. The van der Waals surface area contributed by atoms with Crippen LogP contribution in [-0.2, 0) is 0 Å². The fourth-order valence-electron chi connectivity index (χ4n) is 1.65. The number of rotatable bonds is 4. The van der Waals surface area contributed by atoms with Crippen molar-refractivity contribution in [1.29, 1.82) is 0 Å². The zero-order valence-electron chi connectivity index (χ0n) is 9.88. The van der Waals surface area contributed by atoms with Gasteiger partial charge in [0.2, 0.25) is 0 Å². The maximum atomic E-state index is 10.2. The van der Waals surface area contributed by atoms with Crippen molar-refractivity contribution in [1.82, 2.24) is 4.98 Å². The fraction of sp³-hybridized carbons (Fsp3) is 0.308. The Bertz CT molecular complexity index is 493. The molecule has 1 atom stereocenters. The number of pyridine rings is 1. The van der Waals surface area contributed by atoms with E-state index >= 15 is 0 Å². The van der Waals surface area contributed by atoms with Gasteiger partial charge in [-0.1, -0.05) is 0 Å². The standard InChI is InChI=1S/C13H15NO3/c1-3-16-11-6-10(7-14-8-11)12(15)13-9(2)4-5-17-13/h4-8,12,15H,3H2,1-2H3. The maximum Gasteiger partial charge on any atom is 0.139 e. The quantitative estimate of drug-likeness (QED) is 0.881. The first kappa shape index (κ1) is 11.7. The summed E-state index contributed by atoms with van der Waals surface area (Å²) in [4.78, 5) is 4.04. The lowest BCUT2D eigenvalue weighted by Gasteiger charge is -2.10. The number of hydrogen-bond acceptors (Lipinski definition) is 4. The smallest absolute Gasteiger partial charge is 0.139 e. The van der Waals surface area contributed by atoms with Crippen LogP contribution in [0.25, 0.3) is 0 Å². The van der Waals surface area contributed by atoms with Gasteiger partial charge in [-0.15, -0.1) is 0 Å². The number of aliphatic hydroxyl groups excluding tert-OH is 1. The van der Waals surface area contributed by atoms with Crippen molar-refractivity contribution in [3.63, 3.8) is 0 Å². The summed E-state index contributed by atoms with van der Waals surface area (Å²) in [5.41, 5.74) is 1.58. The molecule has 17 heavy (non-hydrogen) atoms. The molecule has 90 valence electrons. The van der Waals surface area contributed by atoms with E-state index in [0.29, 0.717) is 23.7 Å². The molecule has 4 nitrogen and oxygen atoms in total. The van der Waals surface area contributed by atoms with Crippen LogP contribution in [0.2, 0.25) is 0 Å². The molecule has 0 amide bonds. The molecule has 2 aromatic heterocycles. The Labute approximate surface area is 99.9 Å². The van der Waals surface area contributed by atoms with E-state index in [9.17, 15) is 5.11 Å². The fourth-order valence-corrected chi connectivity index (χ4v) is 1.65. The molecule has 0 saturated heterocycles. The lowest BCUT2D eigenvalue weighted by Crippen LogP contribution is -2.01. The van der Waals surface area contributed by atoms with Crippen molar-refractivity contribution >= 4 is 0 Å². The highest BCUT2D eigenvalue weighted by Crippen LogP contribution is 2.26. The number of aromatic nitrogens is 1. The Kier molecular flexibility index (Phi) is 3.44. The van der Waals surface area contributed by atoms with Crippen LogP contribution in [0.4, 0.5) is 0 Å². The highest BCUT2D eigenvalue weighted by Gasteiger charge is 2.17. The van der Waals surface area contributed by atoms with Crippen LogP contribution in [0.5, 0.6) is 5.75 Å². The molecule has 0 aliphatic heterocycles. The second-order valence-electron chi connectivity index (χ2n) is 3.76. The number of hydrogen-bond donors (Lipinski definition) is 1. The van der Waals surface area contributed by atoms with Crippen LogP contribution in [0.15, 0.2) is 35.2 Å². The molecule has 0 aromatic carbocycles. The van der Waals surface area contributed by atoms with Crippen LogP contribution in [0.3, 0.4) is 0 Å². The number of furan rings is 1. The van der Waals surface area contributed by atoms with Gasteiger partial charge in [0.1, 0.15) is 17.6 Å². The number of aryl methyl sites for hydroxylation is 1. The molecular formula is C13H15NO3. The van der Waals surface area contributed by atoms with Crippen molar-refractivity contribution in [3.05, 3.63) is 47.7 Å². The van der Waals surface area contributed by atoms with Gasteiger partial charge in [0.05, 0.1) is 19.1 Å². The summed E-state index contributed by atoms with van der Waals surface area (Å²) in [5.74, 6) is 1.19. The van der Waals surface area contributed by atoms with Crippen molar-refractivity contribution in [2.45, 2.75) is 20.0 Å². The third kappa shape index (κ3) is 2.47. The molecule has 0 spiro atoms. The first-order valence-electron chi connectivity index (χ1n) is 5.52. The van der Waals surface area contributed by atoms with Gasteiger partial charge in [-0.05, 0) is 31.5 Å². The Morgan fingerprint density at radius 1 is 1.47 bits per heavy atom. The molecule has 0 fully saturated rings. The van der Waals surface area contributed by atoms with Crippen LogP contribution < -0.4 is 4.74 Å². The van der Waals surface area contributed by atoms with Gasteiger partial charge in [0.25, 0.3) is 0 Å². The van der Waals surface area contributed by atoms with Crippen molar-refractivity contribution in [3.8, 4) is 5.75 Å². The van der Waals surface area contributed by atoms with Crippen LogP contribution in [-0.4, -0.2) is 16.7 Å². The summed E-state index contributed by atoms with van der Waals surface area (Å²) in [6, 6.07) is 3.58. The molecule has 1 N–H and O–H groups in total. The minimum absolute atomic E-state index is 0.542. The molecule has 1 unspecified atom stereocenters. The first-order chi connectivity index (χ1) is 8.22. The van der Waals surface area contributed by atoms with Gasteiger partial charge < -0.3 is 14.3 Å². The third-order valence-corrected chi connectivity index (χ3v) is 2.51. The van der Waals surface area contributed by atoms with Crippen molar-refractivity contribution < 1.29 is 14.3 Å². The van der Waals surface area contributed by atoms with E-state index in [-0.39, 0.29) is 0 Å². The van der Waals surface area contributed by atoms with Crippen LogP contribution in [0.1, 0.15) is 29.9 Å². The molecule has 0 radical (unpaired) electrons. The monoisotopic (exact) mass is 233 g/mol. The molecule has 0 bridgehead atoms. The van der Waals surface area contributed by atoms with E-state index in [1.165, 1.54) is 0 Å². The average molecular weight is 233 g/mol. The van der Waals surface area contributed by atoms with Gasteiger partial charge in [-0.2, -0.15) is 0 Å². The van der Waals surface area contributed by atoms with E-state index < -0.39 is 6.10 Å². The van der Waals surface area contributed by atoms with E-state index in [2.05, 4.69) is 4.98 Å². The molecule has 2 aromatic rings. The second kappa shape index (κ2) is 5.01. The van der Waals surface area contributed by atoms with Gasteiger partial charge in [0.15, 0.2) is 0 Å². The minimum Gasteiger partial charge on any atom is -0.492 e. The highest BCUT2D eigenvalue weighted by atomic mass is 16.5. The topological polar surface area (TPSA) is 55.5 Å². The predicted octanol–water partition coefficient (Wildman–Crippen LogP) is 2.46. The zero-order chi connectivity index (χ0) is 12.3. The Hall–Kier alpha value is -1.81. The lowest BCUT2D eigenvalue weighted by atomic mass is 10.1. The number of ether oxygens (including phenoxy) is 1. The Balaban J connectivity index is 2.28. The lowest BCUT2D eigenvalue weighted by molar-refractivity contribution is 0.187. The number of nitrogens with zero attached hydrogens (tertiary/aromatic N) is 1. The normalized spacial score (nSPS) is 12.4. The number of aliphatic hydroxyl groups is 1. The third-order valence-electron chi connectivity index (χ3n) is 2.51. The molecule has 2 heterocycles. The highest BCUT2D eigenvalue weighted by molar-refractivity contribution is 5.31. The SMILES string of the molecule is CCOc1cncc(C(O)c2occc2C)c1. The van der Waals surface area contributed by atoms with E-state index in [4.69, 9.17) is 9.15 Å². The van der Waals surface area contributed by atoms with E-state index in [0.717, 1.165) is 5.56 Å². The van der Waals surface area contributed by atoms with Crippen molar-refractivity contribution in [2.75, 3.05) is 6.61 Å². The summed E-state index contributed by atoms with van der Waals surface area (Å²) in [6.45, 7) is 4.36. The largest absolute Gasteiger partial charge is 0.492 e. The molecule has 0 aliphatic carbocycles.